The number of aliphatic hydroxyl groups excluding tert-OH is 1. The first-order chi connectivity index (χ1) is 9.22. The second-order valence-corrected chi connectivity index (χ2v) is 6.22. The minimum atomic E-state index is -0.226. The van der Waals surface area contributed by atoms with Gasteiger partial charge in [-0.1, -0.05) is 19.8 Å². The molecule has 1 aliphatic heterocycles. The Morgan fingerprint density at radius 3 is 2.79 bits per heavy atom. The van der Waals surface area contributed by atoms with Gasteiger partial charge in [0.2, 0.25) is 5.91 Å². The number of hydrogen-bond acceptors (Lipinski definition) is 3. The highest BCUT2D eigenvalue weighted by Gasteiger charge is 2.39. The molecule has 1 saturated heterocycles. The Bertz CT molecular complexity index is 301. The molecule has 110 valence electrons. The highest BCUT2D eigenvalue weighted by molar-refractivity contribution is 5.83. The largest absolute Gasteiger partial charge is 0.396 e. The van der Waals surface area contributed by atoms with Crippen LogP contribution in [0.3, 0.4) is 0 Å². The molecule has 3 unspecified atom stereocenters. The summed E-state index contributed by atoms with van der Waals surface area (Å²) in [4.78, 5) is 12.6. The summed E-state index contributed by atoms with van der Waals surface area (Å²) in [7, 11) is 0. The summed E-state index contributed by atoms with van der Waals surface area (Å²) < 4.78 is 0. The van der Waals surface area contributed by atoms with Gasteiger partial charge in [-0.15, -0.1) is 0 Å². The fourth-order valence-corrected chi connectivity index (χ4v) is 3.56. The minimum Gasteiger partial charge on any atom is -0.396 e. The zero-order valence-corrected chi connectivity index (χ0v) is 12.1. The molecule has 0 spiro atoms. The summed E-state index contributed by atoms with van der Waals surface area (Å²) >= 11 is 0. The smallest absolute Gasteiger partial charge is 0.227 e. The van der Waals surface area contributed by atoms with Gasteiger partial charge in [0.15, 0.2) is 0 Å². The molecular formula is C15H28N2O2. The molecule has 0 radical (unpaired) electrons. The fraction of sp³-hybridized carbons (Fsp3) is 0.933. The second kappa shape index (κ2) is 6.71. The van der Waals surface area contributed by atoms with Crippen LogP contribution in [0, 0.1) is 11.3 Å². The van der Waals surface area contributed by atoms with Crippen molar-refractivity contribution in [2.24, 2.45) is 11.3 Å². The van der Waals surface area contributed by atoms with Crippen molar-refractivity contribution in [3.8, 4) is 0 Å². The summed E-state index contributed by atoms with van der Waals surface area (Å²) in [5.74, 6) is 0.454. The van der Waals surface area contributed by atoms with Crippen molar-refractivity contribution >= 4 is 5.91 Å². The van der Waals surface area contributed by atoms with Gasteiger partial charge in [0.25, 0.3) is 0 Å². The molecule has 2 aliphatic rings. The molecule has 4 heteroatoms. The molecule has 1 heterocycles. The number of piperidine rings is 1. The van der Waals surface area contributed by atoms with Gasteiger partial charge in [-0.2, -0.15) is 0 Å². The average molecular weight is 268 g/mol. The number of amides is 1. The Morgan fingerprint density at radius 2 is 2.16 bits per heavy atom. The second-order valence-electron chi connectivity index (χ2n) is 6.22. The molecule has 1 saturated carbocycles. The SMILES string of the molecule is CCC1(C(=O)NC2CCCCC2CO)CCCNC1. The van der Waals surface area contributed by atoms with Crippen LogP contribution in [0.5, 0.6) is 0 Å². The average Bonchev–Trinajstić information content (AvgIpc) is 2.48. The van der Waals surface area contributed by atoms with Gasteiger partial charge < -0.3 is 15.7 Å². The summed E-state index contributed by atoms with van der Waals surface area (Å²) in [6.07, 6.45) is 7.36. The van der Waals surface area contributed by atoms with Crippen molar-refractivity contribution < 1.29 is 9.90 Å². The lowest BCUT2D eigenvalue weighted by Crippen LogP contribution is -2.54. The molecule has 1 amide bonds. The summed E-state index contributed by atoms with van der Waals surface area (Å²) in [6, 6.07) is 0.177. The van der Waals surface area contributed by atoms with E-state index in [9.17, 15) is 9.90 Å². The maximum Gasteiger partial charge on any atom is 0.227 e. The quantitative estimate of drug-likeness (QED) is 0.723. The predicted molar refractivity (Wildman–Crippen MR) is 75.8 cm³/mol. The van der Waals surface area contributed by atoms with E-state index in [0.29, 0.717) is 0 Å². The number of nitrogens with one attached hydrogen (secondary N) is 2. The van der Waals surface area contributed by atoms with Gasteiger partial charge in [0, 0.05) is 25.1 Å². The zero-order chi connectivity index (χ0) is 13.7. The van der Waals surface area contributed by atoms with E-state index < -0.39 is 0 Å². The van der Waals surface area contributed by atoms with Gasteiger partial charge in [-0.05, 0) is 38.6 Å². The van der Waals surface area contributed by atoms with Gasteiger partial charge >= 0.3 is 0 Å². The maximum atomic E-state index is 12.6. The normalized spacial score (nSPS) is 35.9. The van der Waals surface area contributed by atoms with Crippen LogP contribution in [-0.2, 0) is 4.79 Å². The Morgan fingerprint density at radius 1 is 1.37 bits per heavy atom. The lowest BCUT2D eigenvalue weighted by atomic mass is 9.76. The van der Waals surface area contributed by atoms with E-state index in [2.05, 4.69) is 17.6 Å². The van der Waals surface area contributed by atoms with Crippen LogP contribution in [0.2, 0.25) is 0 Å². The summed E-state index contributed by atoms with van der Waals surface area (Å²) in [5, 5.41) is 16.0. The van der Waals surface area contributed by atoms with Crippen molar-refractivity contribution in [2.75, 3.05) is 19.7 Å². The third kappa shape index (κ3) is 3.29. The molecule has 0 aromatic rings. The molecule has 2 rings (SSSR count). The molecular weight excluding hydrogens is 240 g/mol. The van der Waals surface area contributed by atoms with E-state index in [4.69, 9.17) is 0 Å². The fourth-order valence-electron chi connectivity index (χ4n) is 3.56. The standard InChI is InChI=1S/C15H28N2O2/c1-2-15(8-5-9-16-11-15)14(19)17-13-7-4-3-6-12(13)10-18/h12-13,16,18H,2-11H2,1H3,(H,17,19). The van der Waals surface area contributed by atoms with E-state index in [1.54, 1.807) is 0 Å². The predicted octanol–water partition coefficient (Wildman–Crippen LogP) is 1.43. The third-order valence-electron chi connectivity index (χ3n) is 5.09. The van der Waals surface area contributed by atoms with Crippen molar-refractivity contribution in [2.45, 2.75) is 57.9 Å². The first-order valence-corrected chi connectivity index (χ1v) is 7.84. The zero-order valence-electron chi connectivity index (χ0n) is 12.1. The first-order valence-electron chi connectivity index (χ1n) is 7.84. The van der Waals surface area contributed by atoms with Crippen LogP contribution in [0.1, 0.15) is 51.9 Å². The highest BCUT2D eigenvalue weighted by atomic mass is 16.3. The van der Waals surface area contributed by atoms with Crippen LogP contribution >= 0.6 is 0 Å². The van der Waals surface area contributed by atoms with Crippen molar-refractivity contribution in [1.82, 2.24) is 10.6 Å². The molecule has 0 bridgehead atoms. The topological polar surface area (TPSA) is 61.4 Å². The van der Waals surface area contributed by atoms with E-state index in [1.165, 1.54) is 12.8 Å². The molecule has 0 aromatic carbocycles. The van der Waals surface area contributed by atoms with Gasteiger partial charge in [-0.25, -0.2) is 0 Å². The van der Waals surface area contributed by atoms with Crippen LogP contribution in [0.15, 0.2) is 0 Å². The van der Waals surface area contributed by atoms with E-state index in [1.807, 2.05) is 0 Å². The number of aliphatic hydroxyl groups is 1. The maximum absolute atomic E-state index is 12.6. The summed E-state index contributed by atoms with van der Waals surface area (Å²) in [5.41, 5.74) is -0.226. The Labute approximate surface area is 116 Å². The number of hydrogen-bond donors (Lipinski definition) is 3. The van der Waals surface area contributed by atoms with Crippen molar-refractivity contribution in [3.63, 3.8) is 0 Å². The van der Waals surface area contributed by atoms with Gasteiger partial charge in [0.05, 0.1) is 5.41 Å². The molecule has 4 nitrogen and oxygen atoms in total. The molecule has 3 atom stereocenters. The van der Waals surface area contributed by atoms with E-state index in [-0.39, 0.29) is 29.9 Å². The molecule has 2 fully saturated rings. The molecule has 1 aliphatic carbocycles. The lowest BCUT2D eigenvalue weighted by Gasteiger charge is -2.39. The monoisotopic (exact) mass is 268 g/mol. The van der Waals surface area contributed by atoms with Gasteiger partial charge in [-0.3, -0.25) is 4.79 Å². The Kier molecular flexibility index (Phi) is 5.22. The molecule has 3 N–H and O–H groups in total. The number of carbonyl (C=O) groups excluding carboxylic acids is 1. The van der Waals surface area contributed by atoms with E-state index >= 15 is 0 Å². The van der Waals surface area contributed by atoms with Crippen LogP contribution < -0.4 is 10.6 Å². The molecule has 0 aromatic heterocycles. The first kappa shape index (κ1) is 14.8. The van der Waals surface area contributed by atoms with Crippen molar-refractivity contribution in [1.29, 1.82) is 0 Å². The van der Waals surface area contributed by atoms with Gasteiger partial charge in [0.1, 0.15) is 0 Å². The van der Waals surface area contributed by atoms with Crippen molar-refractivity contribution in [3.05, 3.63) is 0 Å². The number of rotatable bonds is 4. The Hall–Kier alpha value is -0.610. The lowest BCUT2D eigenvalue weighted by molar-refractivity contribution is -0.134. The van der Waals surface area contributed by atoms with Crippen LogP contribution in [0.25, 0.3) is 0 Å². The number of carbonyl (C=O) groups is 1. The minimum absolute atomic E-state index is 0.177. The third-order valence-corrected chi connectivity index (χ3v) is 5.09. The Balaban J connectivity index is 1.98. The highest BCUT2D eigenvalue weighted by Crippen LogP contribution is 2.32. The van der Waals surface area contributed by atoms with Crippen LogP contribution in [-0.4, -0.2) is 36.8 Å². The van der Waals surface area contributed by atoms with Crippen LogP contribution in [0.4, 0.5) is 0 Å². The summed E-state index contributed by atoms with van der Waals surface area (Å²) in [6.45, 7) is 4.13. The molecule has 19 heavy (non-hydrogen) atoms. The van der Waals surface area contributed by atoms with E-state index in [0.717, 1.165) is 45.2 Å².